The minimum absolute atomic E-state index is 0.0636. The molecule has 1 amide bonds. The first kappa shape index (κ1) is 19.6. The highest BCUT2D eigenvalue weighted by molar-refractivity contribution is 9.10. The zero-order valence-electron chi connectivity index (χ0n) is 15.1. The van der Waals surface area contributed by atoms with Crippen molar-refractivity contribution in [2.24, 2.45) is 0 Å². The Morgan fingerprint density at radius 1 is 1.21 bits per heavy atom. The molecule has 150 valence electrons. The van der Waals surface area contributed by atoms with Crippen LogP contribution in [-0.4, -0.2) is 39.5 Å². The zero-order chi connectivity index (χ0) is 19.7. The van der Waals surface area contributed by atoms with Gasteiger partial charge in [-0.1, -0.05) is 11.8 Å². The highest BCUT2D eigenvalue weighted by Crippen LogP contribution is 2.41. The highest BCUT2D eigenvalue weighted by atomic mass is 79.9. The summed E-state index contributed by atoms with van der Waals surface area (Å²) in [4.78, 5) is 14.6. The Balaban J connectivity index is 1.43. The number of benzene rings is 1. The number of rotatable bonds is 6. The summed E-state index contributed by atoms with van der Waals surface area (Å²) in [6.45, 7) is 1.96. The van der Waals surface area contributed by atoms with Crippen molar-refractivity contribution in [1.82, 2.24) is 14.8 Å². The number of hydrogen-bond donors (Lipinski definition) is 1. The van der Waals surface area contributed by atoms with E-state index in [0.717, 1.165) is 56.9 Å². The van der Waals surface area contributed by atoms with Crippen molar-refractivity contribution in [1.29, 1.82) is 0 Å². The molecule has 1 aliphatic heterocycles. The Hall–Kier alpha value is -1.68. The van der Waals surface area contributed by atoms with Gasteiger partial charge in [-0.05, 0) is 54.1 Å². The summed E-state index contributed by atoms with van der Waals surface area (Å²) in [6.07, 6.45) is 5.73. The van der Waals surface area contributed by atoms with Crippen molar-refractivity contribution in [2.75, 3.05) is 29.1 Å². The minimum Gasteiger partial charge on any atom is -0.341 e. The Morgan fingerprint density at radius 3 is 2.64 bits per heavy atom. The van der Waals surface area contributed by atoms with Gasteiger partial charge >= 0.3 is 0 Å². The lowest BCUT2D eigenvalue weighted by molar-refractivity contribution is -0.113. The van der Waals surface area contributed by atoms with Gasteiger partial charge in [0, 0.05) is 29.7 Å². The molecule has 6 nitrogen and oxygen atoms in total. The minimum atomic E-state index is -0.821. The van der Waals surface area contributed by atoms with E-state index in [1.807, 2.05) is 0 Å². The molecule has 0 atom stereocenters. The van der Waals surface area contributed by atoms with Gasteiger partial charge in [0.05, 0.1) is 11.4 Å². The fraction of sp³-hybridized carbons (Fsp3) is 0.500. The van der Waals surface area contributed by atoms with Crippen LogP contribution in [0.1, 0.15) is 38.1 Å². The maximum atomic E-state index is 13.9. The third-order valence-electron chi connectivity index (χ3n) is 4.80. The summed E-state index contributed by atoms with van der Waals surface area (Å²) in [6, 6.07) is 2.24. The average molecular weight is 472 g/mol. The second kappa shape index (κ2) is 8.36. The molecule has 1 saturated carbocycles. The number of anilines is 2. The topological polar surface area (TPSA) is 63.1 Å². The smallest absolute Gasteiger partial charge is 0.234 e. The molecular formula is C18H20BrF2N5OS. The number of carbonyl (C=O) groups is 1. The van der Waals surface area contributed by atoms with Gasteiger partial charge in [-0.25, -0.2) is 8.78 Å². The first-order chi connectivity index (χ1) is 13.5. The Morgan fingerprint density at radius 2 is 1.96 bits per heavy atom. The highest BCUT2D eigenvalue weighted by Gasteiger charge is 2.32. The predicted molar refractivity (Wildman–Crippen MR) is 108 cm³/mol. The normalized spacial score (nSPS) is 17.0. The standard InChI is InChI=1S/C18H20BrF2N5OS/c19-13-8-11(20)9-14(21)16(13)22-15(27)10-28-18-24-23-17(26(18)12-4-5-12)25-6-2-1-3-7-25/h8-9,12H,1-7,10H2,(H,22,27). The molecule has 0 spiro atoms. The quantitative estimate of drug-likeness (QED) is 0.633. The molecule has 28 heavy (non-hydrogen) atoms. The van der Waals surface area contributed by atoms with Crippen LogP contribution in [0.4, 0.5) is 20.4 Å². The van der Waals surface area contributed by atoms with Crippen molar-refractivity contribution in [3.63, 3.8) is 0 Å². The van der Waals surface area contributed by atoms with Crippen LogP contribution in [0.5, 0.6) is 0 Å². The fourth-order valence-electron chi connectivity index (χ4n) is 3.30. The second-order valence-electron chi connectivity index (χ2n) is 7.01. The maximum absolute atomic E-state index is 13.9. The number of piperidine rings is 1. The lowest BCUT2D eigenvalue weighted by Gasteiger charge is -2.27. The average Bonchev–Trinajstić information content (AvgIpc) is 3.42. The number of carbonyl (C=O) groups excluding carboxylic acids is 1. The summed E-state index contributed by atoms with van der Waals surface area (Å²) in [7, 11) is 0. The van der Waals surface area contributed by atoms with E-state index in [0.29, 0.717) is 11.2 Å². The molecule has 1 aromatic heterocycles. The molecule has 10 heteroatoms. The summed E-state index contributed by atoms with van der Waals surface area (Å²) in [5, 5.41) is 11.9. The summed E-state index contributed by atoms with van der Waals surface area (Å²) in [5.41, 5.74) is -0.0651. The Labute approximate surface area is 174 Å². The summed E-state index contributed by atoms with van der Waals surface area (Å²) >= 11 is 4.36. The Bertz CT molecular complexity index is 860. The van der Waals surface area contributed by atoms with E-state index in [1.165, 1.54) is 18.2 Å². The van der Waals surface area contributed by atoms with E-state index in [2.05, 4.69) is 40.9 Å². The SMILES string of the molecule is O=C(CSc1nnc(N2CCCCC2)n1C1CC1)Nc1c(F)cc(F)cc1Br. The number of amides is 1. The fourth-order valence-corrected chi connectivity index (χ4v) is 4.60. The van der Waals surface area contributed by atoms with Crippen molar-refractivity contribution in [3.05, 3.63) is 28.2 Å². The van der Waals surface area contributed by atoms with Crippen LogP contribution < -0.4 is 10.2 Å². The first-order valence-electron chi connectivity index (χ1n) is 9.30. The van der Waals surface area contributed by atoms with Crippen LogP contribution in [0.15, 0.2) is 21.8 Å². The number of aromatic nitrogens is 3. The number of halogens is 3. The molecule has 0 radical (unpaired) electrons. The van der Waals surface area contributed by atoms with E-state index in [-0.39, 0.29) is 21.8 Å². The Kier molecular flexibility index (Phi) is 5.86. The maximum Gasteiger partial charge on any atom is 0.234 e. The summed E-state index contributed by atoms with van der Waals surface area (Å²) < 4.78 is 29.4. The van der Waals surface area contributed by atoms with Gasteiger partial charge < -0.3 is 10.2 Å². The van der Waals surface area contributed by atoms with Crippen molar-refractivity contribution in [2.45, 2.75) is 43.3 Å². The van der Waals surface area contributed by atoms with Crippen LogP contribution in [-0.2, 0) is 4.79 Å². The van der Waals surface area contributed by atoms with E-state index >= 15 is 0 Å². The molecule has 2 heterocycles. The van der Waals surface area contributed by atoms with Crippen molar-refractivity contribution in [3.8, 4) is 0 Å². The van der Waals surface area contributed by atoms with Crippen LogP contribution in [0.25, 0.3) is 0 Å². The second-order valence-corrected chi connectivity index (χ2v) is 8.81. The molecule has 0 bridgehead atoms. The van der Waals surface area contributed by atoms with Gasteiger partial charge in [-0.2, -0.15) is 0 Å². The molecule has 2 fully saturated rings. The van der Waals surface area contributed by atoms with Crippen molar-refractivity contribution >= 4 is 45.2 Å². The molecule has 1 N–H and O–H groups in total. The van der Waals surface area contributed by atoms with Gasteiger partial charge in [0.2, 0.25) is 11.9 Å². The van der Waals surface area contributed by atoms with Gasteiger partial charge in [0.25, 0.3) is 0 Å². The van der Waals surface area contributed by atoms with Crippen LogP contribution >= 0.6 is 27.7 Å². The molecule has 2 aromatic rings. The zero-order valence-corrected chi connectivity index (χ0v) is 17.5. The molecule has 1 aliphatic carbocycles. The number of nitrogens with zero attached hydrogens (tertiary/aromatic N) is 4. The van der Waals surface area contributed by atoms with Gasteiger partial charge in [0.15, 0.2) is 11.0 Å². The molecule has 4 rings (SSSR count). The third-order valence-corrected chi connectivity index (χ3v) is 6.37. The molecule has 1 aromatic carbocycles. The number of thioether (sulfide) groups is 1. The molecular weight excluding hydrogens is 452 g/mol. The van der Waals surface area contributed by atoms with Crippen LogP contribution in [0, 0.1) is 11.6 Å². The molecule has 0 unspecified atom stereocenters. The van der Waals surface area contributed by atoms with E-state index in [9.17, 15) is 13.6 Å². The van der Waals surface area contributed by atoms with Gasteiger partial charge in [-0.3, -0.25) is 9.36 Å². The van der Waals surface area contributed by atoms with Gasteiger partial charge in [-0.15, -0.1) is 10.2 Å². The first-order valence-corrected chi connectivity index (χ1v) is 11.1. The largest absolute Gasteiger partial charge is 0.341 e. The van der Waals surface area contributed by atoms with Crippen LogP contribution in [0.3, 0.4) is 0 Å². The van der Waals surface area contributed by atoms with Crippen LogP contribution in [0.2, 0.25) is 0 Å². The monoisotopic (exact) mass is 471 g/mol. The number of nitrogens with one attached hydrogen (secondary N) is 1. The van der Waals surface area contributed by atoms with E-state index in [1.54, 1.807) is 0 Å². The number of hydrogen-bond acceptors (Lipinski definition) is 5. The summed E-state index contributed by atoms with van der Waals surface area (Å²) in [5.74, 6) is -0.967. The lowest BCUT2D eigenvalue weighted by atomic mass is 10.1. The third kappa shape index (κ3) is 4.32. The predicted octanol–water partition coefficient (Wildman–Crippen LogP) is 4.37. The molecule has 1 saturated heterocycles. The lowest BCUT2D eigenvalue weighted by Crippen LogP contribution is -2.32. The van der Waals surface area contributed by atoms with E-state index in [4.69, 9.17) is 0 Å². The van der Waals surface area contributed by atoms with E-state index < -0.39 is 11.6 Å². The molecule has 2 aliphatic rings. The van der Waals surface area contributed by atoms with Gasteiger partial charge in [0.1, 0.15) is 5.82 Å². The van der Waals surface area contributed by atoms with Crippen molar-refractivity contribution < 1.29 is 13.6 Å².